The average Bonchev–Trinajstić information content (AvgIpc) is 2.45. The third kappa shape index (κ3) is 3.44. The minimum absolute atomic E-state index is 0.0656. The van der Waals surface area contributed by atoms with E-state index >= 15 is 0 Å². The molecule has 0 radical (unpaired) electrons. The lowest BCUT2D eigenvalue weighted by Gasteiger charge is -2.36. The minimum Gasteiger partial charge on any atom is -0.371 e. The van der Waals surface area contributed by atoms with Crippen molar-refractivity contribution in [2.45, 2.75) is 57.8 Å². The van der Waals surface area contributed by atoms with Gasteiger partial charge in [-0.2, -0.15) is 0 Å². The molecule has 1 heterocycles. The topological polar surface area (TPSA) is 38.5 Å². The Bertz CT molecular complexity index is 214. The first-order chi connectivity index (χ1) is 6.77. The highest BCUT2D eigenvalue weighted by molar-refractivity contribution is 4.86. The maximum absolute atomic E-state index is 5.98. The van der Waals surface area contributed by atoms with Gasteiger partial charge in [0.2, 0.25) is 0 Å². The van der Waals surface area contributed by atoms with E-state index in [1.165, 1.54) is 0 Å². The number of nitrogens with zero attached hydrogens (tertiary/aromatic N) is 1. The van der Waals surface area contributed by atoms with E-state index in [-0.39, 0.29) is 11.1 Å². The van der Waals surface area contributed by atoms with Crippen LogP contribution < -0.4 is 5.73 Å². The van der Waals surface area contributed by atoms with Crippen LogP contribution in [0, 0.1) is 0 Å². The van der Waals surface area contributed by atoms with E-state index in [4.69, 9.17) is 10.5 Å². The number of likely N-dealkylation sites (N-methyl/N-ethyl adjacent to an activating group) is 1. The molecule has 1 rings (SSSR count). The van der Waals surface area contributed by atoms with Crippen LogP contribution in [0.1, 0.15) is 40.5 Å². The molecule has 1 saturated heterocycles. The van der Waals surface area contributed by atoms with Gasteiger partial charge in [-0.3, -0.25) is 4.90 Å². The lowest BCUT2D eigenvalue weighted by atomic mass is 10.0. The number of hydrogen-bond donors (Lipinski definition) is 1. The predicted molar refractivity (Wildman–Crippen MR) is 63.9 cm³/mol. The molecule has 1 atom stereocenters. The molecular weight excluding hydrogens is 188 g/mol. The van der Waals surface area contributed by atoms with Gasteiger partial charge in [-0.15, -0.1) is 0 Å². The van der Waals surface area contributed by atoms with E-state index in [0.29, 0.717) is 12.6 Å². The van der Waals surface area contributed by atoms with Crippen molar-refractivity contribution in [2.24, 2.45) is 5.73 Å². The summed E-state index contributed by atoms with van der Waals surface area (Å²) in [5, 5.41) is 0. The number of nitrogens with two attached hydrogens (primary N) is 1. The highest BCUT2D eigenvalue weighted by Crippen LogP contribution is 2.30. The summed E-state index contributed by atoms with van der Waals surface area (Å²) in [6.45, 7) is 10.3. The Balaban J connectivity index is 2.43. The molecule has 15 heavy (non-hydrogen) atoms. The van der Waals surface area contributed by atoms with Crippen molar-refractivity contribution in [3.63, 3.8) is 0 Å². The molecule has 0 spiro atoms. The average molecular weight is 214 g/mol. The van der Waals surface area contributed by atoms with Crippen LogP contribution in [0.4, 0.5) is 0 Å². The molecular formula is C12H26N2O. The van der Waals surface area contributed by atoms with Crippen LogP contribution in [-0.2, 0) is 4.74 Å². The van der Waals surface area contributed by atoms with E-state index in [2.05, 4.69) is 39.6 Å². The van der Waals surface area contributed by atoms with Crippen molar-refractivity contribution < 1.29 is 4.74 Å². The normalized spacial score (nSPS) is 26.2. The van der Waals surface area contributed by atoms with E-state index in [1.54, 1.807) is 0 Å². The maximum atomic E-state index is 5.98. The SMILES string of the molecule is CN(CC1CCC(C)(C)O1)C(C)(C)CN. The fourth-order valence-corrected chi connectivity index (χ4v) is 1.91. The summed E-state index contributed by atoms with van der Waals surface area (Å²) in [6.07, 6.45) is 2.70. The zero-order chi connectivity index (χ0) is 11.7. The number of ether oxygens (including phenoxy) is 1. The van der Waals surface area contributed by atoms with Gasteiger partial charge in [0, 0.05) is 18.6 Å². The van der Waals surface area contributed by atoms with Crippen molar-refractivity contribution in [1.82, 2.24) is 4.90 Å². The van der Waals surface area contributed by atoms with Crippen molar-refractivity contribution in [3.05, 3.63) is 0 Å². The molecule has 0 bridgehead atoms. The van der Waals surface area contributed by atoms with Crippen molar-refractivity contribution in [3.8, 4) is 0 Å². The Labute approximate surface area is 94.0 Å². The third-order valence-corrected chi connectivity index (χ3v) is 3.56. The third-order valence-electron chi connectivity index (χ3n) is 3.56. The maximum Gasteiger partial charge on any atom is 0.0710 e. The molecule has 0 aliphatic carbocycles. The second kappa shape index (κ2) is 4.40. The standard InChI is InChI=1S/C12H26N2O/c1-11(2,9-13)14(5)8-10-6-7-12(3,4)15-10/h10H,6-9,13H2,1-5H3. The fraction of sp³-hybridized carbons (Fsp3) is 1.00. The predicted octanol–water partition coefficient (Wildman–Crippen LogP) is 1.61. The van der Waals surface area contributed by atoms with Crippen LogP contribution in [0.2, 0.25) is 0 Å². The molecule has 90 valence electrons. The van der Waals surface area contributed by atoms with Crippen LogP contribution in [0.5, 0.6) is 0 Å². The molecule has 0 aromatic rings. The fourth-order valence-electron chi connectivity index (χ4n) is 1.91. The van der Waals surface area contributed by atoms with E-state index in [0.717, 1.165) is 19.4 Å². The Kier molecular flexibility index (Phi) is 3.80. The molecule has 1 unspecified atom stereocenters. The molecule has 1 fully saturated rings. The molecule has 0 saturated carbocycles. The lowest BCUT2D eigenvalue weighted by molar-refractivity contribution is -0.0358. The lowest BCUT2D eigenvalue weighted by Crippen LogP contribution is -2.49. The van der Waals surface area contributed by atoms with Crippen LogP contribution in [0.3, 0.4) is 0 Å². The molecule has 0 aromatic carbocycles. The van der Waals surface area contributed by atoms with Gasteiger partial charge in [0.15, 0.2) is 0 Å². The molecule has 1 aliphatic heterocycles. The van der Waals surface area contributed by atoms with Gasteiger partial charge >= 0.3 is 0 Å². The van der Waals surface area contributed by atoms with Crippen LogP contribution in [-0.4, -0.2) is 42.3 Å². The van der Waals surface area contributed by atoms with Crippen molar-refractivity contribution in [2.75, 3.05) is 20.1 Å². The smallest absolute Gasteiger partial charge is 0.0710 e. The molecule has 3 nitrogen and oxygen atoms in total. The number of rotatable bonds is 4. The molecule has 3 heteroatoms. The highest BCUT2D eigenvalue weighted by atomic mass is 16.5. The molecule has 0 aromatic heterocycles. The van der Waals surface area contributed by atoms with E-state index in [9.17, 15) is 0 Å². The first kappa shape index (κ1) is 12.9. The summed E-state index contributed by atoms with van der Waals surface area (Å²) < 4.78 is 5.98. The zero-order valence-corrected chi connectivity index (χ0v) is 10.8. The summed E-state index contributed by atoms with van der Waals surface area (Å²) in [7, 11) is 2.13. The molecule has 0 amide bonds. The molecule has 2 N–H and O–H groups in total. The summed E-state index contributed by atoms with van der Waals surface area (Å²) in [5.41, 5.74) is 5.89. The number of hydrogen-bond acceptors (Lipinski definition) is 3. The Hall–Kier alpha value is -0.120. The van der Waals surface area contributed by atoms with Gasteiger partial charge in [-0.05, 0) is 47.6 Å². The summed E-state index contributed by atoms with van der Waals surface area (Å²) in [4.78, 5) is 2.30. The minimum atomic E-state index is 0.0656. The first-order valence-electron chi connectivity index (χ1n) is 5.86. The van der Waals surface area contributed by atoms with E-state index in [1.807, 2.05) is 0 Å². The Morgan fingerprint density at radius 3 is 2.47 bits per heavy atom. The van der Waals surface area contributed by atoms with Gasteiger partial charge < -0.3 is 10.5 Å². The van der Waals surface area contributed by atoms with Crippen molar-refractivity contribution in [1.29, 1.82) is 0 Å². The zero-order valence-electron chi connectivity index (χ0n) is 10.8. The summed E-state index contributed by atoms with van der Waals surface area (Å²) in [5.74, 6) is 0. The second-order valence-corrected chi connectivity index (χ2v) is 5.94. The van der Waals surface area contributed by atoms with Gasteiger partial charge in [-0.25, -0.2) is 0 Å². The highest BCUT2D eigenvalue weighted by Gasteiger charge is 2.34. The summed E-state index contributed by atoms with van der Waals surface area (Å²) in [6, 6.07) is 0. The van der Waals surface area contributed by atoms with Gasteiger partial charge in [0.25, 0.3) is 0 Å². The quantitative estimate of drug-likeness (QED) is 0.773. The van der Waals surface area contributed by atoms with Crippen LogP contribution in [0.25, 0.3) is 0 Å². The van der Waals surface area contributed by atoms with Gasteiger partial charge in [0.05, 0.1) is 11.7 Å². The Morgan fingerprint density at radius 1 is 1.47 bits per heavy atom. The Morgan fingerprint density at radius 2 is 2.07 bits per heavy atom. The monoisotopic (exact) mass is 214 g/mol. The van der Waals surface area contributed by atoms with Crippen LogP contribution in [0.15, 0.2) is 0 Å². The first-order valence-corrected chi connectivity index (χ1v) is 5.86. The van der Waals surface area contributed by atoms with Gasteiger partial charge in [-0.1, -0.05) is 0 Å². The van der Waals surface area contributed by atoms with Crippen LogP contribution >= 0.6 is 0 Å². The second-order valence-electron chi connectivity index (χ2n) is 5.94. The van der Waals surface area contributed by atoms with Gasteiger partial charge in [0.1, 0.15) is 0 Å². The molecule has 1 aliphatic rings. The van der Waals surface area contributed by atoms with Crippen molar-refractivity contribution >= 4 is 0 Å². The van der Waals surface area contributed by atoms with E-state index < -0.39 is 0 Å². The largest absolute Gasteiger partial charge is 0.371 e. The summed E-state index contributed by atoms with van der Waals surface area (Å²) >= 11 is 0.